The number of aryl methyl sites for hydroxylation is 2. The van der Waals surface area contributed by atoms with Crippen molar-refractivity contribution >= 4 is 40.6 Å². The number of benzene rings is 2. The first-order valence-electron chi connectivity index (χ1n) is 11.0. The van der Waals surface area contributed by atoms with E-state index in [2.05, 4.69) is 23.0 Å². The highest BCUT2D eigenvalue weighted by Crippen LogP contribution is 2.32. The number of anilines is 1. The molecule has 6 rings (SSSR count). The number of imidazole rings is 1. The standard InChI is InChI=1S/C25H24N4O3.ClH/c1-14-3-4-20-16(9-14)5-7-28(20)25(31)18-11-19-21(10-15(18)2)29-22(24(30)27-19)12-26-23(29)17-6-8-32-13-17;/h3-4,9-12,17H,5-8,13H2,1-2H3,(H,27,30);1H. The summed E-state index contributed by atoms with van der Waals surface area (Å²) in [5.74, 6) is 0.965. The fourth-order valence-corrected chi connectivity index (χ4v) is 5.09. The van der Waals surface area contributed by atoms with Gasteiger partial charge in [-0.05, 0) is 56.0 Å². The Labute approximate surface area is 196 Å². The number of hydrogen-bond acceptors (Lipinski definition) is 4. The molecule has 33 heavy (non-hydrogen) atoms. The third kappa shape index (κ3) is 3.34. The molecule has 170 valence electrons. The highest BCUT2D eigenvalue weighted by atomic mass is 35.5. The molecule has 1 saturated heterocycles. The lowest BCUT2D eigenvalue weighted by molar-refractivity contribution is 0.0989. The average Bonchev–Trinajstić information content (AvgIpc) is 3.52. The van der Waals surface area contributed by atoms with Gasteiger partial charge >= 0.3 is 0 Å². The van der Waals surface area contributed by atoms with Crippen LogP contribution in [-0.4, -0.2) is 40.0 Å². The Morgan fingerprint density at radius 2 is 2.03 bits per heavy atom. The van der Waals surface area contributed by atoms with Gasteiger partial charge in [-0.15, -0.1) is 12.4 Å². The van der Waals surface area contributed by atoms with E-state index in [1.165, 1.54) is 11.1 Å². The lowest BCUT2D eigenvalue weighted by Gasteiger charge is -2.19. The second-order valence-corrected chi connectivity index (χ2v) is 8.87. The van der Waals surface area contributed by atoms with Gasteiger partial charge < -0.3 is 14.6 Å². The maximum absolute atomic E-state index is 13.5. The first-order chi connectivity index (χ1) is 15.5. The van der Waals surface area contributed by atoms with Crippen LogP contribution in [-0.2, 0) is 11.2 Å². The smallest absolute Gasteiger partial charge is 0.274 e. The number of hydrogen-bond donors (Lipinski definition) is 1. The molecular weight excluding hydrogens is 440 g/mol. The normalized spacial score (nSPS) is 17.5. The summed E-state index contributed by atoms with van der Waals surface area (Å²) in [5.41, 5.74) is 6.65. The predicted octanol–water partition coefficient (Wildman–Crippen LogP) is 3.92. The van der Waals surface area contributed by atoms with E-state index in [0.717, 1.165) is 35.4 Å². The number of carbonyl (C=O) groups is 1. The molecule has 1 amide bonds. The molecule has 1 fully saturated rings. The van der Waals surface area contributed by atoms with Crippen LogP contribution < -0.4 is 10.5 Å². The maximum Gasteiger partial charge on any atom is 0.274 e. The van der Waals surface area contributed by atoms with Crippen LogP contribution in [0.15, 0.2) is 41.3 Å². The van der Waals surface area contributed by atoms with Crippen LogP contribution in [0.25, 0.3) is 16.6 Å². The van der Waals surface area contributed by atoms with Crippen molar-refractivity contribution in [2.24, 2.45) is 0 Å². The molecule has 4 heterocycles. The summed E-state index contributed by atoms with van der Waals surface area (Å²) >= 11 is 0. The lowest BCUT2D eigenvalue weighted by atomic mass is 10.0. The molecule has 1 atom stereocenters. The molecule has 2 aromatic carbocycles. The number of nitrogens with one attached hydrogen (secondary N) is 1. The number of rotatable bonds is 2. The van der Waals surface area contributed by atoms with Crippen molar-refractivity contribution in [1.82, 2.24) is 14.4 Å². The zero-order valence-corrected chi connectivity index (χ0v) is 19.4. The second-order valence-electron chi connectivity index (χ2n) is 8.87. The number of aromatic nitrogens is 3. The van der Waals surface area contributed by atoms with E-state index < -0.39 is 0 Å². The van der Waals surface area contributed by atoms with Crippen molar-refractivity contribution < 1.29 is 9.53 Å². The van der Waals surface area contributed by atoms with Crippen molar-refractivity contribution in [3.63, 3.8) is 0 Å². The van der Waals surface area contributed by atoms with Gasteiger partial charge in [-0.1, -0.05) is 17.7 Å². The van der Waals surface area contributed by atoms with Crippen molar-refractivity contribution in [3.05, 3.63) is 75.0 Å². The number of H-pyrrole nitrogens is 1. The Kier molecular flexibility index (Phi) is 5.26. The molecule has 0 spiro atoms. The van der Waals surface area contributed by atoms with Gasteiger partial charge in [0.15, 0.2) is 0 Å². The zero-order valence-electron chi connectivity index (χ0n) is 18.6. The summed E-state index contributed by atoms with van der Waals surface area (Å²) in [6.45, 7) is 5.99. The SMILES string of the molecule is Cc1ccc2c(c1)CCN2C(=O)c1cc2[nH]c(=O)c3cnc(C4CCOC4)n3c2cc1C.Cl. The molecule has 0 aliphatic carbocycles. The summed E-state index contributed by atoms with van der Waals surface area (Å²) < 4.78 is 7.48. The number of aromatic amines is 1. The molecule has 1 N–H and O–H groups in total. The van der Waals surface area contributed by atoms with E-state index in [0.29, 0.717) is 36.4 Å². The summed E-state index contributed by atoms with van der Waals surface area (Å²) in [4.78, 5) is 35.7. The van der Waals surface area contributed by atoms with Gasteiger partial charge in [0.05, 0.1) is 23.8 Å². The molecule has 7 nitrogen and oxygen atoms in total. The molecule has 0 radical (unpaired) electrons. The molecule has 2 aliphatic rings. The predicted molar refractivity (Wildman–Crippen MR) is 130 cm³/mol. The quantitative estimate of drug-likeness (QED) is 0.487. The van der Waals surface area contributed by atoms with Gasteiger partial charge in [-0.2, -0.15) is 0 Å². The maximum atomic E-state index is 13.5. The van der Waals surface area contributed by atoms with Crippen LogP contribution in [0.1, 0.15) is 45.2 Å². The minimum absolute atomic E-state index is 0. The van der Waals surface area contributed by atoms with Crippen molar-refractivity contribution in [2.75, 3.05) is 24.7 Å². The minimum atomic E-state index is -0.209. The van der Waals surface area contributed by atoms with E-state index in [1.54, 1.807) is 6.20 Å². The van der Waals surface area contributed by atoms with Gasteiger partial charge in [0.2, 0.25) is 0 Å². The van der Waals surface area contributed by atoms with Gasteiger partial charge in [0.1, 0.15) is 11.3 Å². The van der Waals surface area contributed by atoms with Crippen molar-refractivity contribution in [2.45, 2.75) is 32.6 Å². The Bertz CT molecular complexity index is 1470. The molecular formula is C25H25ClN4O3. The molecule has 2 aromatic heterocycles. The third-order valence-corrected chi connectivity index (χ3v) is 6.75. The van der Waals surface area contributed by atoms with E-state index in [4.69, 9.17) is 4.74 Å². The zero-order chi connectivity index (χ0) is 22.0. The first kappa shape index (κ1) is 21.7. The second kappa shape index (κ2) is 8.01. The summed E-state index contributed by atoms with van der Waals surface area (Å²) in [5, 5.41) is 0. The highest BCUT2D eigenvalue weighted by Gasteiger charge is 2.28. The molecule has 1 unspecified atom stereocenters. The van der Waals surface area contributed by atoms with Gasteiger partial charge in [-0.25, -0.2) is 4.98 Å². The minimum Gasteiger partial charge on any atom is -0.381 e. The Morgan fingerprint density at radius 3 is 2.82 bits per heavy atom. The van der Waals surface area contributed by atoms with Crippen molar-refractivity contribution in [1.29, 1.82) is 0 Å². The number of nitrogens with zero attached hydrogens (tertiary/aromatic N) is 3. The van der Waals surface area contributed by atoms with Crippen LogP contribution in [0.3, 0.4) is 0 Å². The number of fused-ring (bicyclic) bond motifs is 4. The molecule has 2 aliphatic heterocycles. The average molecular weight is 465 g/mol. The monoisotopic (exact) mass is 464 g/mol. The largest absolute Gasteiger partial charge is 0.381 e. The van der Waals surface area contributed by atoms with Crippen LogP contribution >= 0.6 is 12.4 Å². The summed E-state index contributed by atoms with van der Waals surface area (Å²) in [6, 6.07) is 10.0. The Balaban J connectivity index is 0.00000228. The molecule has 0 bridgehead atoms. The van der Waals surface area contributed by atoms with E-state index >= 15 is 0 Å². The van der Waals surface area contributed by atoms with Crippen LogP contribution in [0.5, 0.6) is 0 Å². The molecule has 4 aromatic rings. The number of amides is 1. The van der Waals surface area contributed by atoms with E-state index in [1.807, 2.05) is 40.5 Å². The fraction of sp³-hybridized carbons (Fsp3) is 0.320. The van der Waals surface area contributed by atoms with E-state index in [9.17, 15) is 9.59 Å². The Morgan fingerprint density at radius 1 is 1.18 bits per heavy atom. The summed E-state index contributed by atoms with van der Waals surface area (Å²) in [7, 11) is 0. The lowest BCUT2D eigenvalue weighted by Crippen LogP contribution is -2.29. The Hall–Kier alpha value is -3.16. The van der Waals surface area contributed by atoms with Gasteiger partial charge in [0, 0.05) is 30.3 Å². The number of ether oxygens (including phenoxy) is 1. The molecule has 8 heteroatoms. The fourth-order valence-electron chi connectivity index (χ4n) is 5.09. The van der Waals surface area contributed by atoms with Crippen molar-refractivity contribution in [3.8, 4) is 0 Å². The highest BCUT2D eigenvalue weighted by molar-refractivity contribution is 6.09. The number of carbonyl (C=O) groups excluding carboxylic acids is 1. The molecule has 0 saturated carbocycles. The topological polar surface area (TPSA) is 79.7 Å². The van der Waals surface area contributed by atoms with E-state index in [-0.39, 0.29) is 29.8 Å². The third-order valence-electron chi connectivity index (χ3n) is 6.75. The van der Waals surface area contributed by atoms with Crippen LogP contribution in [0.4, 0.5) is 5.69 Å². The van der Waals surface area contributed by atoms with Crippen LogP contribution in [0.2, 0.25) is 0 Å². The van der Waals surface area contributed by atoms with Gasteiger partial charge in [-0.3, -0.25) is 14.0 Å². The van der Waals surface area contributed by atoms with Gasteiger partial charge in [0.25, 0.3) is 11.5 Å². The first-order valence-corrected chi connectivity index (χ1v) is 11.0. The summed E-state index contributed by atoms with van der Waals surface area (Å²) in [6.07, 6.45) is 3.37. The van der Waals surface area contributed by atoms with Crippen LogP contribution in [0, 0.1) is 13.8 Å². The number of halogens is 1.